The fourth-order valence-electron chi connectivity index (χ4n) is 1.98. The molecule has 19 heavy (non-hydrogen) atoms. The predicted molar refractivity (Wildman–Crippen MR) is 72.6 cm³/mol. The fraction of sp³-hybridized carbons (Fsp3) is 0.846. The SMILES string of the molecule is CC(C)(C)OC(=O)N1CCC(CNC(=O)CN)CC1. The lowest BCUT2D eigenvalue weighted by Gasteiger charge is -2.33. The standard InChI is InChI=1S/C13H25N3O3/c1-13(2,3)19-12(18)16-6-4-10(5-7-16)9-15-11(17)8-14/h10H,4-9,14H2,1-3H3,(H,15,17). The molecule has 1 rings (SSSR count). The zero-order valence-corrected chi connectivity index (χ0v) is 12.1. The van der Waals surface area contributed by atoms with Gasteiger partial charge in [-0.2, -0.15) is 0 Å². The Hall–Kier alpha value is -1.30. The number of likely N-dealkylation sites (tertiary alicyclic amines) is 1. The second-order valence-corrected chi connectivity index (χ2v) is 5.92. The molecule has 0 aliphatic carbocycles. The lowest BCUT2D eigenvalue weighted by Crippen LogP contribution is -2.44. The first kappa shape index (κ1) is 15.8. The molecule has 1 heterocycles. The van der Waals surface area contributed by atoms with Crippen LogP contribution < -0.4 is 11.1 Å². The first-order valence-corrected chi connectivity index (χ1v) is 6.76. The summed E-state index contributed by atoms with van der Waals surface area (Å²) < 4.78 is 5.33. The second-order valence-electron chi connectivity index (χ2n) is 5.92. The molecule has 0 bridgehead atoms. The summed E-state index contributed by atoms with van der Waals surface area (Å²) in [5.74, 6) is 0.281. The average molecular weight is 271 g/mol. The lowest BCUT2D eigenvalue weighted by molar-refractivity contribution is -0.120. The van der Waals surface area contributed by atoms with Gasteiger partial charge in [0.15, 0.2) is 0 Å². The number of hydrogen-bond acceptors (Lipinski definition) is 4. The monoisotopic (exact) mass is 271 g/mol. The van der Waals surface area contributed by atoms with Gasteiger partial charge in [0.25, 0.3) is 0 Å². The number of amides is 2. The fourth-order valence-corrected chi connectivity index (χ4v) is 1.98. The quantitative estimate of drug-likeness (QED) is 0.791. The van der Waals surface area contributed by atoms with Crippen LogP contribution >= 0.6 is 0 Å². The Morgan fingerprint density at radius 3 is 2.37 bits per heavy atom. The van der Waals surface area contributed by atoms with Crippen LogP contribution in [-0.4, -0.2) is 48.7 Å². The summed E-state index contributed by atoms with van der Waals surface area (Å²) >= 11 is 0. The number of carbonyl (C=O) groups excluding carboxylic acids is 2. The normalized spacial score (nSPS) is 17.2. The van der Waals surface area contributed by atoms with Gasteiger partial charge in [-0.3, -0.25) is 4.79 Å². The maximum absolute atomic E-state index is 11.9. The first-order valence-electron chi connectivity index (χ1n) is 6.76. The van der Waals surface area contributed by atoms with Gasteiger partial charge in [-0.1, -0.05) is 0 Å². The maximum atomic E-state index is 11.9. The largest absolute Gasteiger partial charge is 0.444 e. The van der Waals surface area contributed by atoms with E-state index < -0.39 is 5.60 Å². The number of nitrogens with two attached hydrogens (primary N) is 1. The van der Waals surface area contributed by atoms with Crippen molar-refractivity contribution in [2.75, 3.05) is 26.2 Å². The molecule has 0 saturated carbocycles. The van der Waals surface area contributed by atoms with Crippen molar-refractivity contribution in [3.63, 3.8) is 0 Å². The van der Waals surface area contributed by atoms with E-state index in [4.69, 9.17) is 10.5 Å². The summed E-state index contributed by atoms with van der Waals surface area (Å²) in [7, 11) is 0. The summed E-state index contributed by atoms with van der Waals surface area (Å²) in [5.41, 5.74) is 4.77. The van der Waals surface area contributed by atoms with Gasteiger partial charge in [-0.15, -0.1) is 0 Å². The molecule has 6 heteroatoms. The Bertz CT molecular complexity index is 318. The molecular weight excluding hydrogens is 246 g/mol. The van der Waals surface area contributed by atoms with Gasteiger partial charge in [-0.25, -0.2) is 4.79 Å². The van der Waals surface area contributed by atoms with E-state index in [1.807, 2.05) is 20.8 Å². The number of ether oxygens (including phenoxy) is 1. The van der Waals surface area contributed by atoms with Gasteiger partial charge in [-0.05, 0) is 39.5 Å². The third-order valence-corrected chi connectivity index (χ3v) is 3.04. The Kier molecular flexibility index (Phi) is 5.60. The van der Waals surface area contributed by atoms with E-state index in [2.05, 4.69) is 5.32 Å². The highest BCUT2D eigenvalue weighted by Crippen LogP contribution is 2.19. The summed E-state index contributed by atoms with van der Waals surface area (Å²) in [5, 5.41) is 2.79. The summed E-state index contributed by atoms with van der Waals surface area (Å²) in [6.07, 6.45) is 1.51. The van der Waals surface area contributed by atoms with Crippen LogP contribution in [-0.2, 0) is 9.53 Å². The second kappa shape index (κ2) is 6.75. The van der Waals surface area contributed by atoms with Crippen molar-refractivity contribution in [2.24, 2.45) is 11.7 Å². The Balaban J connectivity index is 2.29. The molecule has 110 valence electrons. The molecule has 2 amide bonds. The molecule has 0 aromatic carbocycles. The molecule has 3 N–H and O–H groups in total. The van der Waals surface area contributed by atoms with Crippen molar-refractivity contribution in [3.05, 3.63) is 0 Å². The topological polar surface area (TPSA) is 84.7 Å². The van der Waals surface area contributed by atoms with E-state index in [1.165, 1.54) is 0 Å². The van der Waals surface area contributed by atoms with Crippen molar-refractivity contribution in [1.29, 1.82) is 0 Å². The molecule has 1 fully saturated rings. The number of carbonyl (C=O) groups is 2. The highest BCUT2D eigenvalue weighted by molar-refractivity contribution is 5.77. The van der Waals surface area contributed by atoms with E-state index in [1.54, 1.807) is 4.90 Å². The molecule has 1 aliphatic rings. The molecule has 6 nitrogen and oxygen atoms in total. The van der Waals surface area contributed by atoms with E-state index >= 15 is 0 Å². The molecular formula is C13H25N3O3. The molecule has 0 aromatic rings. The van der Waals surface area contributed by atoms with Crippen LogP contribution in [0.3, 0.4) is 0 Å². The van der Waals surface area contributed by atoms with Gasteiger partial charge in [0, 0.05) is 19.6 Å². The van der Waals surface area contributed by atoms with Crippen molar-refractivity contribution < 1.29 is 14.3 Å². The zero-order chi connectivity index (χ0) is 14.5. The minimum Gasteiger partial charge on any atom is -0.444 e. The minimum atomic E-state index is -0.455. The smallest absolute Gasteiger partial charge is 0.410 e. The van der Waals surface area contributed by atoms with Crippen LogP contribution in [0.1, 0.15) is 33.6 Å². The van der Waals surface area contributed by atoms with Crippen LogP contribution in [0.5, 0.6) is 0 Å². The summed E-state index contributed by atoms with van der Waals surface area (Å²) in [4.78, 5) is 24.6. The van der Waals surface area contributed by atoms with E-state index in [0.29, 0.717) is 25.6 Å². The van der Waals surface area contributed by atoms with Crippen LogP contribution in [0.2, 0.25) is 0 Å². The highest BCUT2D eigenvalue weighted by Gasteiger charge is 2.26. The Morgan fingerprint density at radius 2 is 1.89 bits per heavy atom. The van der Waals surface area contributed by atoms with Crippen molar-refractivity contribution in [2.45, 2.75) is 39.2 Å². The maximum Gasteiger partial charge on any atom is 0.410 e. The summed E-state index contributed by atoms with van der Waals surface area (Å²) in [6, 6.07) is 0. The molecule has 0 unspecified atom stereocenters. The van der Waals surface area contributed by atoms with E-state index in [0.717, 1.165) is 12.8 Å². The highest BCUT2D eigenvalue weighted by atomic mass is 16.6. The van der Waals surface area contributed by atoms with Crippen LogP contribution in [0.25, 0.3) is 0 Å². The Morgan fingerprint density at radius 1 is 1.32 bits per heavy atom. The van der Waals surface area contributed by atoms with E-state index in [-0.39, 0.29) is 18.5 Å². The summed E-state index contributed by atoms with van der Waals surface area (Å²) in [6.45, 7) is 7.60. The number of piperidine rings is 1. The predicted octanol–water partition coefficient (Wildman–Crippen LogP) is 0.708. The third kappa shape index (κ3) is 5.92. The molecule has 0 aromatic heterocycles. The van der Waals surface area contributed by atoms with Crippen LogP contribution in [0.15, 0.2) is 0 Å². The van der Waals surface area contributed by atoms with Gasteiger partial charge in [0.1, 0.15) is 5.60 Å². The van der Waals surface area contributed by atoms with Gasteiger partial charge < -0.3 is 20.7 Å². The van der Waals surface area contributed by atoms with Crippen LogP contribution in [0.4, 0.5) is 4.79 Å². The number of hydrogen-bond donors (Lipinski definition) is 2. The number of nitrogens with zero attached hydrogens (tertiary/aromatic N) is 1. The molecule has 1 saturated heterocycles. The molecule has 1 aliphatic heterocycles. The number of rotatable bonds is 3. The third-order valence-electron chi connectivity index (χ3n) is 3.04. The molecule has 0 radical (unpaired) electrons. The lowest BCUT2D eigenvalue weighted by atomic mass is 9.97. The first-order chi connectivity index (χ1) is 8.81. The zero-order valence-electron chi connectivity index (χ0n) is 12.1. The average Bonchev–Trinajstić information content (AvgIpc) is 2.34. The minimum absolute atomic E-state index is 0.0246. The molecule has 0 atom stereocenters. The van der Waals surface area contributed by atoms with Crippen molar-refractivity contribution in [3.8, 4) is 0 Å². The number of nitrogens with one attached hydrogen (secondary N) is 1. The van der Waals surface area contributed by atoms with Gasteiger partial charge in [0.2, 0.25) is 5.91 Å². The van der Waals surface area contributed by atoms with Gasteiger partial charge >= 0.3 is 6.09 Å². The van der Waals surface area contributed by atoms with Crippen LogP contribution in [0, 0.1) is 5.92 Å². The van der Waals surface area contributed by atoms with Gasteiger partial charge in [0.05, 0.1) is 6.54 Å². The van der Waals surface area contributed by atoms with E-state index in [9.17, 15) is 9.59 Å². The van der Waals surface area contributed by atoms with Crippen molar-refractivity contribution >= 4 is 12.0 Å². The Labute approximate surface area is 114 Å². The van der Waals surface area contributed by atoms with Crippen molar-refractivity contribution in [1.82, 2.24) is 10.2 Å². The molecule has 0 spiro atoms.